The van der Waals surface area contributed by atoms with Gasteiger partial charge < -0.3 is 10.1 Å². The molecule has 1 aromatic carbocycles. The van der Waals surface area contributed by atoms with Crippen LogP contribution >= 0.6 is 11.8 Å². The van der Waals surface area contributed by atoms with Gasteiger partial charge in [-0.3, -0.25) is 9.59 Å². The molecule has 2 atom stereocenters. The number of aryl methyl sites for hydroxylation is 2. The molecule has 0 spiro atoms. The Bertz CT molecular complexity index is 806. The minimum Gasteiger partial charge on any atom is -0.452 e. The molecule has 2 aliphatic rings. The summed E-state index contributed by atoms with van der Waals surface area (Å²) in [7, 11) is -2.96. The molecular weight excluding hydrogens is 374 g/mol. The predicted octanol–water partition coefficient (Wildman–Crippen LogP) is 1.97. The number of carbonyl (C=O) groups is 2. The number of ether oxygens (including phenoxy) is 1. The number of hydrogen-bond acceptors (Lipinski definition) is 6. The van der Waals surface area contributed by atoms with Crippen molar-refractivity contribution in [3.8, 4) is 0 Å². The largest absolute Gasteiger partial charge is 0.452 e. The van der Waals surface area contributed by atoms with Gasteiger partial charge in [-0.1, -0.05) is 6.07 Å². The molecule has 142 valence electrons. The summed E-state index contributed by atoms with van der Waals surface area (Å²) in [5.41, 5.74) is 3.30. The second-order valence-electron chi connectivity index (χ2n) is 6.79. The summed E-state index contributed by atoms with van der Waals surface area (Å²) in [5, 5.41) is 2.72. The monoisotopic (exact) mass is 397 g/mol. The van der Waals surface area contributed by atoms with Gasteiger partial charge in [0, 0.05) is 10.9 Å². The van der Waals surface area contributed by atoms with Crippen LogP contribution in [0.1, 0.15) is 30.9 Å². The molecule has 0 saturated carbocycles. The summed E-state index contributed by atoms with van der Waals surface area (Å²) in [6.45, 7) is 1.53. The van der Waals surface area contributed by atoms with Crippen LogP contribution in [0.2, 0.25) is 0 Å². The molecular formula is C18H23NO5S2. The summed E-state index contributed by atoms with van der Waals surface area (Å²) < 4.78 is 28.0. The van der Waals surface area contributed by atoms with Crippen molar-refractivity contribution in [1.29, 1.82) is 0 Å². The topological polar surface area (TPSA) is 89.5 Å². The SMILES string of the molecule is C[C@H](OC(=O)CS[C@H]1CCS(=O)(=O)C1)C(=O)Nc1ccc2c(c1)CCC2. The first kappa shape index (κ1) is 19.2. The maximum atomic E-state index is 12.2. The zero-order valence-corrected chi connectivity index (χ0v) is 16.3. The van der Waals surface area contributed by atoms with Crippen molar-refractivity contribution in [2.24, 2.45) is 0 Å². The van der Waals surface area contributed by atoms with Crippen LogP contribution in [0.5, 0.6) is 0 Å². The minimum absolute atomic E-state index is 0.0522. The number of fused-ring (bicyclic) bond motifs is 1. The van der Waals surface area contributed by atoms with Gasteiger partial charge in [-0.15, -0.1) is 11.8 Å². The molecule has 1 saturated heterocycles. The highest BCUT2D eigenvalue weighted by Gasteiger charge is 2.29. The maximum Gasteiger partial charge on any atom is 0.316 e. The molecule has 0 bridgehead atoms. The number of amides is 1. The van der Waals surface area contributed by atoms with Gasteiger partial charge >= 0.3 is 5.97 Å². The molecule has 1 aliphatic heterocycles. The molecule has 6 nitrogen and oxygen atoms in total. The zero-order chi connectivity index (χ0) is 18.7. The van der Waals surface area contributed by atoms with E-state index < -0.39 is 21.9 Å². The predicted molar refractivity (Wildman–Crippen MR) is 102 cm³/mol. The van der Waals surface area contributed by atoms with Crippen molar-refractivity contribution < 1.29 is 22.7 Å². The van der Waals surface area contributed by atoms with E-state index in [0.717, 1.165) is 19.3 Å². The van der Waals surface area contributed by atoms with Crippen LogP contribution in [0.25, 0.3) is 0 Å². The van der Waals surface area contributed by atoms with Crippen molar-refractivity contribution in [3.05, 3.63) is 29.3 Å². The number of esters is 1. The van der Waals surface area contributed by atoms with Crippen molar-refractivity contribution >= 4 is 39.2 Å². The Kier molecular flexibility index (Phi) is 5.92. The number of nitrogens with one attached hydrogen (secondary N) is 1. The van der Waals surface area contributed by atoms with E-state index in [1.54, 1.807) is 0 Å². The van der Waals surface area contributed by atoms with Gasteiger partial charge in [-0.05, 0) is 55.9 Å². The molecule has 1 amide bonds. The molecule has 3 rings (SSSR count). The van der Waals surface area contributed by atoms with Gasteiger partial charge in [0.05, 0.1) is 17.3 Å². The van der Waals surface area contributed by atoms with Gasteiger partial charge in [0.2, 0.25) is 0 Å². The Hall–Kier alpha value is -1.54. The third kappa shape index (κ3) is 5.01. The van der Waals surface area contributed by atoms with Gasteiger partial charge in [0.1, 0.15) is 0 Å². The molecule has 1 fully saturated rings. The number of rotatable bonds is 6. The number of hydrogen-bond donors (Lipinski definition) is 1. The molecule has 0 unspecified atom stereocenters. The lowest BCUT2D eigenvalue weighted by atomic mass is 10.1. The molecule has 1 N–H and O–H groups in total. The Morgan fingerprint density at radius 1 is 1.31 bits per heavy atom. The van der Waals surface area contributed by atoms with E-state index in [1.165, 1.54) is 29.8 Å². The van der Waals surface area contributed by atoms with Gasteiger partial charge in [0.25, 0.3) is 5.91 Å². The fourth-order valence-electron chi connectivity index (χ4n) is 3.26. The lowest BCUT2D eigenvalue weighted by Crippen LogP contribution is -2.30. The van der Waals surface area contributed by atoms with E-state index in [0.29, 0.717) is 12.1 Å². The minimum atomic E-state index is -2.96. The average molecular weight is 398 g/mol. The normalized spacial score (nSPS) is 21.8. The highest BCUT2D eigenvalue weighted by Crippen LogP contribution is 2.26. The highest BCUT2D eigenvalue weighted by molar-refractivity contribution is 8.02. The van der Waals surface area contributed by atoms with E-state index in [2.05, 4.69) is 5.32 Å². The van der Waals surface area contributed by atoms with Crippen LogP contribution < -0.4 is 5.32 Å². The molecule has 0 radical (unpaired) electrons. The van der Waals surface area contributed by atoms with Crippen LogP contribution in [-0.2, 0) is 37.0 Å². The highest BCUT2D eigenvalue weighted by atomic mass is 32.2. The summed E-state index contributed by atoms with van der Waals surface area (Å²) in [4.78, 5) is 24.1. The van der Waals surface area contributed by atoms with E-state index in [4.69, 9.17) is 4.74 Å². The fourth-order valence-corrected chi connectivity index (χ4v) is 6.68. The maximum absolute atomic E-state index is 12.2. The van der Waals surface area contributed by atoms with Crippen LogP contribution in [-0.4, -0.2) is 48.9 Å². The summed E-state index contributed by atoms with van der Waals surface area (Å²) in [5.74, 6) is -0.532. The third-order valence-electron chi connectivity index (χ3n) is 4.67. The van der Waals surface area contributed by atoms with E-state index in [9.17, 15) is 18.0 Å². The first-order valence-corrected chi connectivity index (χ1v) is 11.6. The molecule has 26 heavy (non-hydrogen) atoms. The van der Waals surface area contributed by atoms with E-state index in [1.807, 2.05) is 18.2 Å². The number of anilines is 1. The molecule has 0 aromatic heterocycles. The van der Waals surface area contributed by atoms with Gasteiger partial charge in [0.15, 0.2) is 15.9 Å². The van der Waals surface area contributed by atoms with Crippen molar-refractivity contribution in [1.82, 2.24) is 0 Å². The fraction of sp³-hybridized carbons (Fsp3) is 0.556. The Balaban J connectivity index is 1.44. The number of benzene rings is 1. The Morgan fingerprint density at radius 2 is 2.08 bits per heavy atom. The lowest BCUT2D eigenvalue weighted by molar-refractivity contribution is -0.150. The Labute approximate surface area is 158 Å². The van der Waals surface area contributed by atoms with Crippen LogP contribution in [0.15, 0.2) is 18.2 Å². The first-order valence-electron chi connectivity index (χ1n) is 8.76. The second-order valence-corrected chi connectivity index (χ2v) is 10.3. The van der Waals surface area contributed by atoms with Gasteiger partial charge in [-0.2, -0.15) is 0 Å². The standard InChI is InChI=1S/C18H23NO5S2/c1-12(24-17(20)10-25-16-7-8-26(22,23)11-16)18(21)19-15-6-5-13-3-2-4-14(13)9-15/h5-6,9,12,16H,2-4,7-8,10-11H2,1H3,(H,19,21)/t12-,16-/m0/s1. The van der Waals surface area contributed by atoms with Crippen LogP contribution in [0.3, 0.4) is 0 Å². The summed E-state index contributed by atoms with van der Waals surface area (Å²) in [6.07, 6.45) is 2.91. The average Bonchev–Trinajstić information content (AvgIpc) is 3.18. The smallest absolute Gasteiger partial charge is 0.316 e. The first-order chi connectivity index (χ1) is 12.3. The number of sulfone groups is 1. The molecule has 1 aliphatic carbocycles. The molecule has 8 heteroatoms. The van der Waals surface area contributed by atoms with Crippen molar-refractivity contribution in [2.45, 2.75) is 44.0 Å². The Morgan fingerprint density at radius 3 is 2.81 bits per heavy atom. The lowest BCUT2D eigenvalue weighted by Gasteiger charge is -2.15. The van der Waals surface area contributed by atoms with Crippen molar-refractivity contribution in [2.75, 3.05) is 22.6 Å². The molecule has 1 aromatic rings. The summed E-state index contributed by atoms with van der Waals surface area (Å²) >= 11 is 1.28. The number of carbonyl (C=O) groups excluding carboxylic acids is 2. The summed E-state index contributed by atoms with van der Waals surface area (Å²) in [6, 6.07) is 5.87. The zero-order valence-electron chi connectivity index (χ0n) is 14.7. The van der Waals surface area contributed by atoms with Crippen molar-refractivity contribution in [3.63, 3.8) is 0 Å². The van der Waals surface area contributed by atoms with Crippen LogP contribution in [0.4, 0.5) is 5.69 Å². The quantitative estimate of drug-likeness (QED) is 0.738. The van der Waals surface area contributed by atoms with E-state index >= 15 is 0 Å². The molecule has 1 heterocycles. The third-order valence-corrected chi connectivity index (χ3v) is 7.93. The number of thioether (sulfide) groups is 1. The van der Waals surface area contributed by atoms with Gasteiger partial charge in [-0.25, -0.2) is 8.42 Å². The van der Waals surface area contributed by atoms with E-state index in [-0.39, 0.29) is 28.4 Å². The van der Waals surface area contributed by atoms with Crippen LogP contribution in [0, 0.1) is 0 Å². The second kappa shape index (κ2) is 8.00.